The number of rotatable bonds is 4. The maximum Gasteiger partial charge on any atom is 0.147 e. The van der Waals surface area contributed by atoms with E-state index in [9.17, 15) is 0 Å². The van der Waals surface area contributed by atoms with E-state index in [0.29, 0.717) is 6.04 Å². The van der Waals surface area contributed by atoms with Crippen molar-refractivity contribution in [3.8, 4) is 0 Å². The number of anilines is 1. The molecule has 2 atom stereocenters. The zero-order chi connectivity index (χ0) is 13.0. The zero-order valence-electron chi connectivity index (χ0n) is 11.7. The standard InChI is InChI=1S/C14H24N4/c1-11-6-4-5-7-13(11)18(3)14-10-16-9-12(17-14)8-15-2/h9-11,13,15H,4-8H2,1-3H3. The molecule has 0 saturated heterocycles. The van der Waals surface area contributed by atoms with E-state index in [1.165, 1.54) is 25.7 Å². The number of hydrogen-bond donors (Lipinski definition) is 1. The van der Waals surface area contributed by atoms with Gasteiger partial charge < -0.3 is 10.2 Å². The highest BCUT2D eigenvalue weighted by Gasteiger charge is 2.25. The minimum atomic E-state index is 0.609. The molecule has 100 valence electrons. The predicted octanol–water partition coefficient (Wildman–Crippen LogP) is 2.21. The summed E-state index contributed by atoms with van der Waals surface area (Å²) in [5.41, 5.74) is 1.00. The van der Waals surface area contributed by atoms with Gasteiger partial charge in [0.2, 0.25) is 0 Å². The van der Waals surface area contributed by atoms with Crippen molar-refractivity contribution in [1.29, 1.82) is 0 Å². The first kappa shape index (κ1) is 13.3. The van der Waals surface area contributed by atoms with Gasteiger partial charge in [-0.15, -0.1) is 0 Å². The van der Waals surface area contributed by atoms with Crippen LogP contribution in [0.25, 0.3) is 0 Å². The van der Waals surface area contributed by atoms with Crippen LogP contribution in [0.1, 0.15) is 38.3 Å². The zero-order valence-corrected chi connectivity index (χ0v) is 11.7. The summed E-state index contributed by atoms with van der Waals surface area (Å²) in [6.07, 6.45) is 9.02. The molecule has 2 rings (SSSR count). The molecule has 0 bridgehead atoms. The lowest BCUT2D eigenvalue weighted by molar-refractivity contribution is 0.320. The molecule has 1 aliphatic carbocycles. The Morgan fingerprint density at radius 2 is 2.11 bits per heavy atom. The first-order valence-electron chi connectivity index (χ1n) is 6.90. The summed E-state index contributed by atoms with van der Waals surface area (Å²) in [5.74, 6) is 1.75. The van der Waals surface area contributed by atoms with Crippen molar-refractivity contribution in [3.05, 3.63) is 18.1 Å². The average Bonchev–Trinajstić information content (AvgIpc) is 2.39. The molecule has 1 N–H and O–H groups in total. The molecule has 0 spiro atoms. The second-order valence-corrected chi connectivity index (χ2v) is 5.34. The minimum absolute atomic E-state index is 0.609. The van der Waals surface area contributed by atoms with Gasteiger partial charge in [-0.1, -0.05) is 19.8 Å². The number of nitrogens with one attached hydrogen (secondary N) is 1. The molecule has 0 aromatic carbocycles. The highest BCUT2D eigenvalue weighted by Crippen LogP contribution is 2.29. The largest absolute Gasteiger partial charge is 0.355 e. The summed E-state index contributed by atoms with van der Waals surface area (Å²) in [5, 5.41) is 3.12. The highest BCUT2D eigenvalue weighted by molar-refractivity contribution is 5.37. The second-order valence-electron chi connectivity index (χ2n) is 5.34. The van der Waals surface area contributed by atoms with Crippen LogP contribution in [-0.4, -0.2) is 30.1 Å². The fourth-order valence-electron chi connectivity index (χ4n) is 2.87. The van der Waals surface area contributed by atoms with Crippen LogP contribution in [0.15, 0.2) is 12.4 Å². The minimum Gasteiger partial charge on any atom is -0.355 e. The Labute approximate surface area is 110 Å². The first-order valence-corrected chi connectivity index (χ1v) is 6.90. The molecule has 2 unspecified atom stereocenters. The molecular weight excluding hydrogens is 224 g/mol. The van der Waals surface area contributed by atoms with Crippen LogP contribution in [-0.2, 0) is 6.54 Å². The van der Waals surface area contributed by atoms with Crippen molar-refractivity contribution < 1.29 is 0 Å². The summed E-state index contributed by atoms with van der Waals surface area (Å²) in [7, 11) is 4.08. The van der Waals surface area contributed by atoms with Gasteiger partial charge in [0.1, 0.15) is 5.82 Å². The molecule has 1 aliphatic rings. The average molecular weight is 248 g/mol. The van der Waals surface area contributed by atoms with E-state index >= 15 is 0 Å². The number of aromatic nitrogens is 2. The van der Waals surface area contributed by atoms with E-state index in [0.717, 1.165) is 24.0 Å². The Balaban J connectivity index is 2.11. The van der Waals surface area contributed by atoms with Gasteiger partial charge in [-0.05, 0) is 25.8 Å². The van der Waals surface area contributed by atoms with Gasteiger partial charge in [-0.3, -0.25) is 4.98 Å². The van der Waals surface area contributed by atoms with Crippen LogP contribution in [0, 0.1) is 5.92 Å². The quantitative estimate of drug-likeness (QED) is 0.887. The molecule has 0 radical (unpaired) electrons. The third-order valence-corrected chi connectivity index (χ3v) is 3.95. The molecule has 4 heteroatoms. The van der Waals surface area contributed by atoms with Crippen molar-refractivity contribution in [2.75, 3.05) is 19.0 Å². The first-order chi connectivity index (χ1) is 8.72. The van der Waals surface area contributed by atoms with Crippen molar-refractivity contribution >= 4 is 5.82 Å². The van der Waals surface area contributed by atoms with Gasteiger partial charge in [-0.2, -0.15) is 0 Å². The van der Waals surface area contributed by atoms with E-state index in [1.54, 1.807) is 0 Å². The summed E-state index contributed by atoms with van der Waals surface area (Å²) in [6.45, 7) is 3.13. The van der Waals surface area contributed by atoms with Crippen LogP contribution in [0.2, 0.25) is 0 Å². The van der Waals surface area contributed by atoms with Crippen LogP contribution in [0.3, 0.4) is 0 Å². The monoisotopic (exact) mass is 248 g/mol. The maximum absolute atomic E-state index is 4.67. The van der Waals surface area contributed by atoms with Crippen LogP contribution >= 0.6 is 0 Å². The van der Waals surface area contributed by atoms with E-state index in [4.69, 9.17) is 0 Å². The summed E-state index contributed by atoms with van der Waals surface area (Å²) in [4.78, 5) is 11.3. The normalized spacial score (nSPS) is 23.9. The molecule has 0 amide bonds. The summed E-state index contributed by atoms with van der Waals surface area (Å²) < 4.78 is 0. The second kappa shape index (κ2) is 6.14. The summed E-state index contributed by atoms with van der Waals surface area (Å²) in [6, 6.07) is 0.609. The SMILES string of the molecule is CNCc1cncc(N(C)C2CCCCC2C)n1. The van der Waals surface area contributed by atoms with Crippen molar-refractivity contribution in [2.45, 2.75) is 45.2 Å². The molecule has 1 aromatic rings. The smallest absolute Gasteiger partial charge is 0.147 e. The molecule has 1 aromatic heterocycles. The van der Waals surface area contributed by atoms with Gasteiger partial charge >= 0.3 is 0 Å². The van der Waals surface area contributed by atoms with E-state index in [1.807, 2.05) is 19.4 Å². The number of nitrogens with zero attached hydrogens (tertiary/aromatic N) is 3. The molecule has 1 fully saturated rings. The lowest BCUT2D eigenvalue weighted by Crippen LogP contribution is -2.39. The Bertz CT molecular complexity index is 380. The molecule has 0 aliphatic heterocycles. The fourth-order valence-corrected chi connectivity index (χ4v) is 2.87. The molecule has 1 heterocycles. The molecular formula is C14H24N4. The van der Waals surface area contributed by atoms with E-state index in [2.05, 4.69) is 34.2 Å². The third kappa shape index (κ3) is 2.99. The Morgan fingerprint density at radius 1 is 1.33 bits per heavy atom. The van der Waals surface area contributed by atoms with Gasteiger partial charge in [0, 0.05) is 25.8 Å². The summed E-state index contributed by atoms with van der Waals surface area (Å²) >= 11 is 0. The Kier molecular flexibility index (Phi) is 4.53. The Hall–Kier alpha value is -1.16. The molecule has 18 heavy (non-hydrogen) atoms. The lowest BCUT2D eigenvalue weighted by atomic mass is 9.85. The molecule has 1 saturated carbocycles. The maximum atomic E-state index is 4.67. The van der Waals surface area contributed by atoms with Gasteiger partial charge in [0.05, 0.1) is 11.9 Å². The number of hydrogen-bond acceptors (Lipinski definition) is 4. The van der Waals surface area contributed by atoms with E-state index < -0.39 is 0 Å². The lowest BCUT2D eigenvalue weighted by Gasteiger charge is -2.36. The van der Waals surface area contributed by atoms with Crippen molar-refractivity contribution in [3.63, 3.8) is 0 Å². The van der Waals surface area contributed by atoms with Gasteiger partial charge in [0.25, 0.3) is 0 Å². The van der Waals surface area contributed by atoms with Gasteiger partial charge in [0.15, 0.2) is 0 Å². The highest BCUT2D eigenvalue weighted by atomic mass is 15.2. The van der Waals surface area contributed by atoms with Crippen LogP contribution in [0.5, 0.6) is 0 Å². The van der Waals surface area contributed by atoms with E-state index in [-0.39, 0.29) is 0 Å². The third-order valence-electron chi connectivity index (χ3n) is 3.95. The van der Waals surface area contributed by atoms with Gasteiger partial charge in [-0.25, -0.2) is 4.98 Å². The predicted molar refractivity (Wildman–Crippen MR) is 74.6 cm³/mol. The molecule has 4 nitrogen and oxygen atoms in total. The van der Waals surface area contributed by atoms with Crippen LogP contribution < -0.4 is 10.2 Å². The Morgan fingerprint density at radius 3 is 2.83 bits per heavy atom. The topological polar surface area (TPSA) is 41.1 Å². The van der Waals surface area contributed by atoms with Crippen molar-refractivity contribution in [2.24, 2.45) is 5.92 Å². The fraction of sp³-hybridized carbons (Fsp3) is 0.714. The van der Waals surface area contributed by atoms with Crippen molar-refractivity contribution in [1.82, 2.24) is 15.3 Å². The van der Waals surface area contributed by atoms with Crippen LogP contribution in [0.4, 0.5) is 5.82 Å².